The molecule has 15 heavy (non-hydrogen) atoms. The molecule has 0 unspecified atom stereocenters. The third-order valence-corrected chi connectivity index (χ3v) is 2.54. The Hall–Kier alpha value is -1.94. The van der Waals surface area contributed by atoms with Crippen molar-refractivity contribution in [2.45, 2.75) is 0 Å². The first-order valence-electron chi connectivity index (χ1n) is 4.89. The van der Waals surface area contributed by atoms with Gasteiger partial charge in [0.2, 0.25) is 0 Å². The highest BCUT2D eigenvalue weighted by atomic mass is 15.1. The highest BCUT2D eigenvalue weighted by molar-refractivity contribution is 5.97. The molecule has 0 amide bonds. The average Bonchev–Trinajstić information content (AvgIpc) is 2.27. The van der Waals surface area contributed by atoms with Crippen LogP contribution in [0.3, 0.4) is 0 Å². The molecule has 0 N–H and O–H groups in total. The Bertz CT molecular complexity index is 533. The van der Waals surface area contributed by atoms with E-state index in [-0.39, 0.29) is 0 Å². The molecule has 74 valence electrons. The molecule has 0 spiro atoms. The van der Waals surface area contributed by atoms with Gasteiger partial charge in [0.1, 0.15) is 0 Å². The maximum atomic E-state index is 5.48. The Kier molecular flexibility index (Phi) is 2.35. The van der Waals surface area contributed by atoms with Crippen molar-refractivity contribution < 1.29 is 0 Å². The van der Waals surface area contributed by atoms with Gasteiger partial charge in [-0.05, 0) is 17.5 Å². The summed E-state index contributed by atoms with van der Waals surface area (Å²) in [5, 5.41) is 2.35. The third-order valence-electron chi connectivity index (χ3n) is 2.54. The quantitative estimate of drug-likeness (QED) is 0.632. The number of hydrogen-bond donors (Lipinski definition) is 0. The zero-order valence-electron chi connectivity index (χ0n) is 8.99. The largest absolute Gasteiger partial charge is 0.377 e. The lowest BCUT2D eigenvalue weighted by atomic mass is 10.0. The van der Waals surface area contributed by atoms with Crippen LogP contribution in [0.15, 0.2) is 36.4 Å². The fourth-order valence-corrected chi connectivity index (χ4v) is 1.81. The number of anilines is 1. The minimum Gasteiger partial charge on any atom is -0.377 e. The minimum absolute atomic E-state index is 0.955. The van der Waals surface area contributed by atoms with E-state index in [1.807, 2.05) is 32.3 Å². The van der Waals surface area contributed by atoms with Gasteiger partial charge in [-0.3, -0.25) is 0 Å². The van der Waals surface area contributed by atoms with E-state index in [4.69, 9.17) is 6.42 Å². The van der Waals surface area contributed by atoms with Crippen LogP contribution >= 0.6 is 0 Å². The number of fused-ring (bicyclic) bond motifs is 1. The fourth-order valence-electron chi connectivity index (χ4n) is 1.81. The maximum absolute atomic E-state index is 5.48. The maximum Gasteiger partial charge on any atom is 0.0441 e. The van der Waals surface area contributed by atoms with Gasteiger partial charge in [0.05, 0.1) is 0 Å². The lowest BCUT2D eigenvalue weighted by Gasteiger charge is -2.15. The Morgan fingerprint density at radius 2 is 1.67 bits per heavy atom. The molecule has 0 saturated carbocycles. The molecule has 0 radical (unpaired) electrons. The Balaban J connectivity index is 2.84. The fraction of sp³-hybridized carbons (Fsp3) is 0.143. The van der Waals surface area contributed by atoms with E-state index in [0.29, 0.717) is 0 Å². The van der Waals surface area contributed by atoms with Crippen molar-refractivity contribution in [1.29, 1.82) is 0 Å². The van der Waals surface area contributed by atoms with E-state index in [1.54, 1.807) is 0 Å². The van der Waals surface area contributed by atoms with E-state index in [9.17, 15) is 0 Å². The summed E-state index contributed by atoms with van der Waals surface area (Å²) < 4.78 is 0. The second-order valence-corrected chi connectivity index (χ2v) is 3.72. The highest BCUT2D eigenvalue weighted by Crippen LogP contribution is 2.27. The van der Waals surface area contributed by atoms with Crippen molar-refractivity contribution >= 4 is 16.5 Å². The predicted octanol–water partition coefficient (Wildman–Crippen LogP) is 2.89. The monoisotopic (exact) mass is 195 g/mol. The third kappa shape index (κ3) is 1.55. The average molecular weight is 195 g/mol. The molecule has 0 saturated heterocycles. The van der Waals surface area contributed by atoms with Crippen LogP contribution in [0.25, 0.3) is 10.8 Å². The van der Waals surface area contributed by atoms with Crippen LogP contribution in [0.2, 0.25) is 0 Å². The van der Waals surface area contributed by atoms with Crippen molar-refractivity contribution in [1.82, 2.24) is 0 Å². The van der Waals surface area contributed by atoms with Crippen LogP contribution in [0, 0.1) is 12.3 Å². The summed E-state index contributed by atoms with van der Waals surface area (Å²) in [6, 6.07) is 12.3. The molecular formula is C14H13N. The van der Waals surface area contributed by atoms with Crippen LogP contribution in [-0.2, 0) is 0 Å². The lowest BCUT2D eigenvalue weighted by molar-refractivity contribution is 1.14. The van der Waals surface area contributed by atoms with Gasteiger partial charge < -0.3 is 4.90 Å². The van der Waals surface area contributed by atoms with Crippen molar-refractivity contribution in [2.75, 3.05) is 19.0 Å². The summed E-state index contributed by atoms with van der Waals surface area (Å²) in [5.41, 5.74) is 2.15. The van der Waals surface area contributed by atoms with E-state index in [2.05, 4.69) is 29.0 Å². The van der Waals surface area contributed by atoms with Gasteiger partial charge >= 0.3 is 0 Å². The molecule has 1 nitrogen and oxygen atoms in total. The predicted molar refractivity (Wildman–Crippen MR) is 66.2 cm³/mol. The summed E-state index contributed by atoms with van der Waals surface area (Å²) in [7, 11) is 4.08. The lowest BCUT2D eigenvalue weighted by Crippen LogP contribution is -2.08. The van der Waals surface area contributed by atoms with Gasteiger partial charge in [0.25, 0.3) is 0 Å². The van der Waals surface area contributed by atoms with Gasteiger partial charge in [-0.25, -0.2) is 0 Å². The second-order valence-electron chi connectivity index (χ2n) is 3.72. The molecule has 0 aromatic heterocycles. The molecular weight excluding hydrogens is 182 g/mol. The molecule has 1 heteroatoms. The summed E-state index contributed by atoms with van der Waals surface area (Å²) in [6.45, 7) is 0. The van der Waals surface area contributed by atoms with Gasteiger partial charge in [0.15, 0.2) is 0 Å². The first-order chi connectivity index (χ1) is 7.24. The molecule has 0 aliphatic rings. The number of terminal acetylenes is 1. The Labute approximate surface area is 90.3 Å². The topological polar surface area (TPSA) is 3.24 Å². The zero-order valence-corrected chi connectivity index (χ0v) is 8.99. The van der Waals surface area contributed by atoms with E-state index in [1.165, 1.54) is 11.1 Å². The molecule has 0 atom stereocenters. The van der Waals surface area contributed by atoms with Crippen LogP contribution in [0.1, 0.15) is 5.56 Å². The molecule has 0 bridgehead atoms. The first-order valence-corrected chi connectivity index (χ1v) is 4.89. The van der Waals surface area contributed by atoms with Crippen LogP contribution in [0.4, 0.5) is 5.69 Å². The van der Waals surface area contributed by atoms with Gasteiger partial charge in [0, 0.05) is 30.7 Å². The Morgan fingerprint density at radius 3 is 2.33 bits per heavy atom. The first kappa shape index (κ1) is 9.61. The summed E-state index contributed by atoms with van der Waals surface area (Å²) in [5.74, 6) is 2.72. The SMILES string of the molecule is C#Cc1cccc2c(N(C)C)cccc12. The van der Waals surface area contributed by atoms with Crippen LogP contribution < -0.4 is 4.90 Å². The molecule has 0 aliphatic carbocycles. The molecule has 0 aliphatic heterocycles. The molecule has 0 fully saturated rings. The summed E-state index contributed by atoms with van der Waals surface area (Å²) in [6.07, 6.45) is 5.48. The number of rotatable bonds is 1. The molecule has 2 aromatic carbocycles. The van der Waals surface area contributed by atoms with E-state index < -0.39 is 0 Å². The van der Waals surface area contributed by atoms with E-state index in [0.717, 1.165) is 10.9 Å². The van der Waals surface area contributed by atoms with E-state index >= 15 is 0 Å². The van der Waals surface area contributed by atoms with Crippen molar-refractivity contribution in [3.05, 3.63) is 42.0 Å². The van der Waals surface area contributed by atoms with Crippen molar-refractivity contribution in [3.63, 3.8) is 0 Å². The highest BCUT2D eigenvalue weighted by Gasteiger charge is 2.04. The molecule has 2 rings (SSSR count). The van der Waals surface area contributed by atoms with Gasteiger partial charge in [-0.2, -0.15) is 0 Å². The smallest absolute Gasteiger partial charge is 0.0441 e. The van der Waals surface area contributed by atoms with Gasteiger partial charge in [-0.15, -0.1) is 6.42 Å². The standard InChI is InChI=1S/C14H13N/c1-4-11-7-5-9-13-12(11)8-6-10-14(13)15(2)3/h1,5-10H,2-3H3. The van der Waals surface area contributed by atoms with Gasteiger partial charge in [-0.1, -0.05) is 30.2 Å². The summed E-state index contributed by atoms with van der Waals surface area (Å²) >= 11 is 0. The number of nitrogens with zero attached hydrogens (tertiary/aromatic N) is 1. The zero-order chi connectivity index (χ0) is 10.8. The minimum atomic E-state index is 0.955. The van der Waals surface area contributed by atoms with Crippen molar-refractivity contribution in [3.8, 4) is 12.3 Å². The number of hydrogen-bond acceptors (Lipinski definition) is 1. The summed E-state index contributed by atoms with van der Waals surface area (Å²) in [4.78, 5) is 2.10. The van der Waals surface area contributed by atoms with Crippen molar-refractivity contribution in [2.24, 2.45) is 0 Å². The van der Waals surface area contributed by atoms with Crippen LogP contribution in [-0.4, -0.2) is 14.1 Å². The second kappa shape index (κ2) is 3.67. The Morgan fingerprint density at radius 1 is 1.00 bits per heavy atom. The normalized spacial score (nSPS) is 9.93. The molecule has 2 aromatic rings. The van der Waals surface area contributed by atoms with Crippen LogP contribution in [0.5, 0.6) is 0 Å². The molecule has 0 heterocycles. The number of benzene rings is 2.